The molecule has 0 aliphatic carbocycles. The fourth-order valence-electron chi connectivity index (χ4n) is 1.47. The van der Waals surface area contributed by atoms with Crippen molar-refractivity contribution in [3.8, 4) is 0 Å². The van der Waals surface area contributed by atoms with E-state index < -0.39 is 15.6 Å². The van der Waals surface area contributed by atoms with Crippen molar-refractivity contribution < 1.29 is 18.6 Å². The fourth-order valence-corrected chi connectivity index (χ4v) is 2.04. The van der Waals surface area contributed by atoms with Crippen LogP contribution in [0.15, 0.2) is 23.1 Å². The van der Waals surface area contributed by atoms with E-state index >= 15 is 0 Å². The molecule has 0 heterocycles. The highest BCUT2D eigenvalue weighted by molar-refractivity contribution is 7.89. The average Bonchev–Trinajstić information content (AvgIpc) is 2.14. The third kappa shape index (κ3) is 2.79. The molecule has 0 aromatic heterocycles. The first-order valence-corrected chi connectivity index (χ1v) is 6.20. The highest BCUT2D eigenvalue weighted by atomic mass is 32.2. The highest BCUT2D eigenvalue weighted by Crippen LogP contribution is 2.25. The van der Waals surface area contributed by atoms with Gasteiger partial charge in [0.1, 0.15) is 0 Å². The molecule has 90 valence electrons. The van der Waals surface area contributed by atoms with Gasteiger partial charge in [0.15, 0.2) is 0 Å². The molecule has 0 amide bonds. The van der Waals surface area contributed by atoms with Crippen LogP contribution < -0.4 is 5.14 Å². The number of sulfonamides is 1. The van der Waals surface area contributed by atoms with E-state index in [1.165, 1.54) is 18.2 Å². The second-order valence-corrected chi connectivity index (χ2v) is 5.64. The highest BCUT2D eigenvalue weighted by Gasteiger charge is 2.21. The Morgan fingerprint density at radius 2 is 1.94 bits per heavy atom. The quantitative estimate of drug-likeness (QED) is 0.700. The van der Waals surface area contributed by atoms with E-state index in [2.05, 4.69) is 0 Å². The van der Waals surface area contributed by atoms with E-state index in [-0.39, 0.29) is 11.5 Å². The number of primary sulfonamides is 1. The van der Waals surface area contributed by atoms with Gasteiger partial charge in [0.2, 0.25) is 10.0 Å². The molecule has 0 unspecified atom stereocenters. The Hall–Kier alpha value is -0.950. The summed E-state index contributed by atoms with van der Waals surface area (Å²) in [6, 6.07) is 4.02. The van der Waals surface area contributed by atoms with E-state index in [9.17, 15) is 13.5 Å². The van der Waals surface area contributed by atoms with Crippen LogP contribution in [0.3, 0.4) is 0 Å². The Kier molecular flexibility index (Phi) is 3.39. The van der Waals surface area contributed by atoms with Crippen LogP contribution in [0.25, 0.3) is 0 Å². The Labute approximate surface area is 94.6 Å². The van der Waals surface area contributed by atoms with E-state index in [1.54, 1.807) is 13.8 Å². The van der Waals surface area contributed by atoms with Gasteiger partial charge in [-0.1, -0.05) is 6.07 Å². The van der Waals surface area contributed by atoms with Crippen molar-refractivity contribution in [1.82, 2.24) is 0 Å². The number of nitrogens with two attached hydrogens (primary N) is 1. The first kappa shape index (κ1) is 13.1. The molecule has 1 rings (SSSR count). The van der Waals surface area contributed by atoms with Crippen LogP contribution in [0.1, 0.15) is 25.0 Å². The van der Waals surface area contributed by atoms with Crippen molar-refractivity contribution in [2.45, 2.75) is 31.0 Å². The average molecular weight is 245 g/mol. The summed E-state index contributed by atoms with van der Waals surface area (Å²) >= 11 is 0. The summed E-state index contributed by atoms with van der Waals surface area (Å²) in [5.41, 5.74) is -0.323. The molecule has 0 atom stereocenters. The van der Waals surface area contributed by atoms with Gasteiger partial charge in [-0.3, -0.25) is 0 Å². The van der Waals surface area contributed by atoms with Gasteiger partial charge in [0.25, 0.3) is 0 Å². The molecule has 0 aliphatic rings. The number of aliphatic hydroxyl groups is 2. The van der Waals surface area contributed by atoms with Crippen molar-refractivity contribution in [3.05, 3.63) is 29.3 Å². The zero-order chi connectivity index (χ0) is 12.6. The van der Waals surface area contributed by atoms with Crippen molar-refractivity contribution in [1.29, 1.82) is 0 Å². The summed E-state index contributed by atoms with van der Waals surface area (Å²) in [7, 11) is -3.79. The van der Waals surface area contributed by atoms with Gasteiger partial charge in [-0.2, -0.15) is 0 Å². The number of aliphatic hydroxyl groups excluding tert-OH is 1. The molecule has 0 aliphatic heterocycles. The maximum Gasteiger partial charge on any atom is 0.238 e. The Balaban J connectivity index is 3.40. The molecule has 6 heteroatoms. The zero-order valence-corrected chi connectivity index (χ0v) is 9.95. The molecule has 4 N–H and O–H groups in total. The summed E-state index contributed by atoms with van der Waals surface area (Å²) < 4.78 is 22.2. The van der Waals surface area contributed by atoms with Crippen molar-refractivity contribution in [3.63, 3.8) is 0 Å². The minimum Gasteiger partial charge on any atom is -0.392 e. The first-order valence-electron chi connectivity index (χ1n) is 4.65. The van der Waals surface area contributed by atoms with E-state index in [1.807, 2.05) is 0 Å². The molecule has 0 spiro atoms. The molecule has 0 bridgehead atoms. The lowest BCUT2D eigenvalue weighted by molar-refractivity contribution is 0.0759. The Morgan fingerprint density at radius 1 is 1.38 bits per heavy atom. The monoisotopic (exact) mass is 245 g/mol. The zero-order valence-electron chi connectivity index (χ0n) is 9.14. The van der Waals surface area contributed by atoms with E-state index in [0.717, 1.165) is 0 Å². The second-order valence-electron chi connectivity index (χ2n) is 4.08. The van der Waals surface area contributed by atoms with Crippen molar-refractivity contribution in [2.75, 3.05) is 0 Å². The lowest BCUT2D eigenvalue weighted by Gasteiger charge is -2.21. The number of benzene rings is 1. The van der Waals surface area contributed by atoms with Crippen LogP contribution in [-0.4, -0.2) is 18.6 Å². The normalized spacial score (nSPS) is 12.8. The minimum absolute atomic E-state index is 0.0791. The standard InChI is InChI=1S/C10H15NO4S/c1-10(2,13)9-4-3-8(16(11,14)15)5-7(9)6-12/h3-5,12-13H,6H2,1-2H3,(H2,11,14,15). The second kappa shape index (κ2) is 4.14. The summed E-state index contributed by atoms with van der Waals surface area (Å²) in [6.45, 7) is 2.75. The summed E-state index contributed by atoms with van der Waals surface area (Å²) in [5.74, 6) is 0. The largest absolute Gasteiger partial charge is 0.392 e. The maximum absolute atomic E-state index is 11.1. The van der Waals surface area contributed by atoms with Gasteiger partial charge in [-0.25, -0.2) is 13.6 Å². The van der Waals surface area contributed by atoms with E-state index in [4.69, 9.17) is 10.2 Å². The van der Waals surface area contributed by atoms with Crippen LogP contribution in [0.2, 0.25) is 0 Å². The lowest BCUT2D eigenvalue weighted by Crippen LogP contribution is -2.19. The third-order valence-electron chi connectivity index (χ3n) is 2.23. The van der Waals surface area contributed by atoms with E-state index in [0.29, 0.717) is 11.1 Å². The molecule has 1 aromatic carbocycles. The van der Waals surface area contributed by atoms with Gasteiger partial charge in [0, 0.05) is 0 Å². The summed E-state index contributed by atoms with van der Waals surface area (Å²) in [4.78, 5) is -0.0791. The molecule has 0 fully saturated rings. The van der Waals surface area contributed by atoms with Crippen LogP contribution in [0.4, 0.5) is 0 Å². The summed E-state index contributed by atoms with van der Waals surface area (Å²) in [5, 5.41) is 23.9. The smallest absolute Gasteiger partial charge is 0.238 e. The van der Waals surface area contributed by atoms with Gasteiger partial charge in [-0.15, -0.1) is 0 Å². The Morgan fingerprint density at radius 3 is 2.31 bits per heavy atom. The van der Waals surface area contributed by atoms with Gasteiger partial charge >= 0.3 is 0 Å². The van der Waals surface area contributed by atoms with Gasteiger partial charge in [0.05, 0.1) is 17.1 Å². The number of hydrogen-bond donors (Lipinski definition) is 3. The molecular weight excluding hydrogens is 230 g/mol. The summed E-state index contributed by atoms with van der Waals surface area (Å²) in [6.07, 6.45) is 0. The number of hydrogen-bond acceptors (Lipinski definition) is 4. The predicted molar refractivity (Wildman–Crippen MR) is 59.0 cm³/mol. The third-order valence-corrected chi connectivity index (χ3v) is 3.15. The van der Waals surface area contributed by atoms with Crippen molar-refractivity contribution in [2.24, 2.45) is 5.14 Å². The predicted octanol–water partition coefficient (Wildman–Crippen LogP) is 0.0537. The molecule has 0 radical (unpaired) electrons. The van der Waals surface area contributed by atoms with Crippen molar-refractivity contribution >= 4 is 10.0 Å². The molecule has 0 saturated carbocycles. The number of rotatable bonds is 3. The lowest BCUT2D eigenvalue weighted by atomic mass is 9.93. The SMILES string of the molecule is CC(C)(O)c1ccc(S(N)(=O)=O)cc1CO. The Bertz CT molecular complexity index is 488. The van der Waals surface area contributed by atoms with Crippen LogP contribution in [0.5, 0.6) is 0 Å². The molecule has 16 heavy (non-hydrogen) atoms. The first-order chi connectivity index (χ1) is 7.16. The van der Waals surface area contributed by atoms with Crippen LogP contribution in [0, 0.1) is 0 Å². The van der Waals surface area contributed by atoms with Crippen LogP contribution in [-0.2, 0) is 22.2 Å². The van der Waals surface area contributed by atoms with Crippen LogP contribution >= 0.6 is 0 Å². The minimum atomic E-state index is -3.79. The fraction of sp³-hybridized carbons (Fsp3) is 0.400. The molecule has 5 nitrogen and oxygen atoms in total. The molecular formula is C10H15NO4S. The molecule has 1 aromatic rings. The maximum atomic E-state index is 11.1. The topological polar surface area (TPSA) is 101 Å². The molecule has 0 saturated heterocycles. The van der Waals surface area contributed by atoms with Gasteiger partial charge < -0.3 is 10.2 Å². The van der Waals surface area contributed by atoms with Gasteiger partial charge in [-0.05, 0) is 37.1 Å².